The minimum Gasteiger partial charge on any atom is -0.461 e. The number of aromatic nitrogens is 3. The quantitative estimate of drug-likeness (QED) is 0.397. The fourth-order valence-electron chi connectivity index (χ4n) is 6.54. The number of allylic oxidation sites excluding steroid dienone is 3. The van der Waals surface area contributed by atoms with Crippen molar-refractivity contribution in [1.29, 1.82) is 0 Å². The van der Waals surface area contributed by atoms with Crippen LogP contribution in [0.2, 0.25) is 0 Å². The molecule has 3 aromatic rings. The number of fused-ring (bicyclic) bond motifs is 4. The first-order chi connectivity index (χ1) is 20.5. The zero-order chi connectivity index (χ0) is 30.1. The molecule has 1 aliphatic carbocycles. The number of rotatable bonds is 4. The van der Waals surface area contributed by atoms with Gasteiger partial charge < -0.3 is 20.7 Å². The molecule has 43 heavy (non-hydrogen) atoms. The van der Waals surface area contributed by atoms with E-state index in [0.717, 1.165) is 36.3 Å². The second-order valence-corrected chi connectivity index (χ2v) is 12.4. The summed E-state index contributed by atoms with van der Waals surface area (Å²) in [7, 11) is 0. The molecule has 3 aliphatic heterocycles. The summed E-state index contributed by atoms with van der Waals surface area (Å²) in [6.45, 7) is 3.01. The molecule has 0 spiro atoms. The molecule has 0 amide bonds. The lowest BCUT2D eigenvalue weighted by molar-refractivity contribution is -0.0954. The van der Waals surface area contributed by atoms with E-state index < -0.39 is 40.8 Å². The van der Waals surface area contributed by atoms with Crippen molar-refractivity contribution in [3.05, 3.63) is 59.1 Å². The highest BCUT2D eigenvalue weighted by molar-refractivity contribution is 7.22. The lowest BCUT2D eigenvalue weighted by Crippen LogP contribution is -2.57. The van der Waals surface area contributed by atoms with Crippen LogP contribution in [0.15, 0.2) is 57.7 Å². The minimum atomic E-state index is -4.92. The fraction of sp³-hybridized carbons (Fsp3) is 0.429. The number of piperazine rings is 1. The number of alkyl halides is 3. The van der Waals surface area contributed by atoms with Gasteiger partial charge in [0.1, 0.15) is 18.3 Å². The molecule has 7 rings (SSSR count). The molecule has 3 atom stereocenters. The lowest BCUT2D eigenvalue weighted by atomic mass is 9.71. The van der Waals surface area contributed by atoms with Gasteiger partial charge in [-0.3, -0.25) is 4.68 Å². The molecule has 9 nitrogen and oxygen atoms in total. The first kappa shape index (κ1) is 28.0. The maximum Gasteiger partial charge on any atom is 0.413 e. The Labute approximate surface area is 246 Å². The van der Waals surface area contributed by atoms with E-state index in [-0.39, 0.29) is 57.2 Å². The number of aliphatic imine (C=N–C) groups is 2. The molecule has 5 heterocycles. The summed E-state index contributed by atoms with van der Waals surface area (Å²) in [5, 5.41) is 7.59. The van der Waals surface area contributed by atoms with Gasteiger partial charge >= 0.3 is 12.2 Å². The molecule has 0 radical (unpaired) electrons. The zero-order valence-corrected chi connectivity index (χ0v) is 23.8. The number of hydrogen-bond acceptors (Lipinski definition) is 9. The largest absolute Gasteiger partial charge is 0.461 e. The molecule has 3 N–H and O–H groups in total. The lowest BCUT2D eigenvalue weighted by Gasteiger charge is -2.45. The number of thiazole rings is 1. The maximum atomic E-state index is 16.9. The summed E-state index contributed by atoms with van der Waals surface area (Å²) in [6, 6.07) is 4.01. The average Bonchev–Trinajstić information content (AvgIpc) is 3.69. The van der Waals surface area contributed by atoms with Crippen LogP contribution in [0.4, 0.5) is 27.1 Å². The molecule has 2 saturated heterocycles. The highest BCUT2D eigenvalue weighted by Gasteiger charge is 2.54. The van der Waals surface area contributed by atoms with Crippen molar-refractivity contribution in [2.45, 2.75) is 51.0 Å². The van der Waals surface area contributed by atoms with Crippen LogP contribution >= 0.6 is 11.3 Å². The van der Waals surface area contributed by atoms with E-state index in [1.807, 2.05) is 4.90 Å². The predicted molar refractivity (Wildman–Crippen MR) is 152 cm³/mol. The summed E-state index contributed by atoms with van der Waals surface area (Å²) in [5.41, 5.74) is 1.86. The van der Waals surface area contributed by atoms with E-state index in [1.54, 1.807) is 23.1 Å². The molecule has 226 valence electrons. The van der Waals surface area contributed by atoms with E-state index in [1.165, 1.54) is 6.92 Å². The smallest absolute Gasteiger partial charge is 0.413 e. The third-order valence-electron chi connectivity index (χ3n) is 8.44. The summed E-state index contributed by atoms with van der Waals surface area (Å²) >= 11 is 0.786. The topological polar surface area (TPSA) is 106 Å². The number of halogens is 5. The molecular formula is C28H27F5N8OS. The molecule has 3 unspecified atom stereocenters. The molecule has 1 aromatic carbocycles. The predicted octanol–water partition coefficient (Wildman–Crippen LogP) is 5.04. The van der Waals surface area contributed by atoms with Crippen molar-refractivity contribution in [1.82, 2.24) is 25.0 Å². The van der Waals surface area contributed by atoms with E-state index in [9.17, 15) is 17.6 Å². The van der Waals surface area contributed by atoms with Gasteiger partial charge in [-0.15, -0.1) is 0 Å². The van der Waals surface area contributed by atoms with E-state index in [2.05, 4.69) is 25.4 Å². The molecule has 2 aromatic heterocycles. The summed E-state index contributed by atoms with van der Waals surface area (Å²) < 4.78 is 83.5. The fourth-order valence-corrected chi connectivity index (χ4v) is 7.31. The highest BCUT2D eigenvalue weighted by atomic mass is 32.1. The monoisotopic (exact) mass is 618 g/mol. The molecule has 15 heteroatoms. The molecule has 2 bridgehead atoms. The first-order valence-corrected chi connectivity index (χ1v) is 14.7. The van der Waals surface area contributed by atoms with Crippen molar-refractivity contribution >= 4 is 44.1 Å². The first-order valence-electron chi connectivity index (χ1n) is 13.9. The second-order valence-electron chi connectivity index (χ2n) is 11.3. The van der Waals surface area contributed by atoms with Gasteiger partial charge in [-0.1, -0.05) is 11.3 Å². The van der Waals surface area contributed by atoms with Crippen LogP contribution < -0.4 is 11.1 Å². The average molecular weight is 619 g/mol. The Hall–Kier alpha value is -3.85. The Morgan fingerprint density at radius 3 is 2.63 bits per heavy atom. The van der Waals surface area contributed by atoms with Gasteiger partial charge in [0.05, 0.1) is 27.9 Å². The molecule has 4 aliphatic rings. The Morgan fingerprint density at radius 2 is 1.93 bits per heavy atom. The number of benzene rings is 1. The molecule has 2 fully saturated rings. The third-order valence-corrected chi connectivity index (χ3v) is 9.33. The van der Waals surface area contributed by atoms with Crippen molar-refractivity contribution < 1.29 is 26.7 Å². The SMILES string of the molecule is CC12CC(C(F)(F)F)=C(c3ccc(F)c4sc(N)nc34)C(F)=C1N=C(OCCn1cccn1)N=C2N1CC2CCC(C1)N2. The van der Waals surface area contributed by atoms with Crippen LogP contribution in [0, 0.1) is 11.2 Å². The number of likely N-dealkylation sites (tertiary alicyclic amines) is 1. The summed E-state index contributed by atoms with van der Waals surface area (Å²) in [6.07, 6.45) is -0.314. The van der Waals surface area contributed by atoms with Gasteiger partial charge in [-0.25, -0.2) is 13.8 Å². The van der Waals surface area contributed by atoms with Gasteiger partial charge in [-0.05, 0) is 44.4 Å². The third kappa shape index (κ3) is 4.78. The van der Waals surface area contributed by atoms with Crippen molar-refractivity contribution in [3.63, 3.8) is 0 Å². The number of nitrogens with zero attached hydrogens (tertiary/aromatic N) is 6. The van der Waals surface area contributed by atoms with E-state index >= 15 is 4.39 Å². The normalized spacial score (nSPS) is 25.8. The van der Waals surface area contributed by atoms with Gasteiger partial charge in [0.15, 0.2) is 11.0 Å². The van der Waals surface area contributed by atoms with Crippen molar-refractivity contribution in [3.8, 4) is 0 Å². The zero-order valence-electron chi connectivity index (χ0n) is 23.0. The van der Waals surface area contributed by atoms with Crippen LogP contribution in [0.3, 0.4) is 0 Å². The van der Waals surface area contributed by atoms with Gasteiger partial charge in [0.2, 0.25) is 0 Å². The Bertz CT molecular complexity index is 1710. The maximum absolute atomic E-state index is 16.9. The van der Waals surface area contributed by atoms with Gasteiger partial charge in [-0.2, -0.15) is 28.3 Å². The number of hydrogen-bond donors (Lipinski definition) is 2. The van der Waals surface area contributed by atoms with E-state index in [0.29, 0.717) is 19.6 Å². The van der Waals surface area contributed by atoms with E-state index in [4.69, 9.17) is 10.5 Å². The van der Waals surface area contributed by atoms with Gasteiger partial charge in [0, 0.05) is 54.3 Å². The Balaban J connectivity index is 1.38. The highest BCUT2D eigenvalue weighted by Crippen LogP contribution is 2.55. The number of anilines is 1. The summed E-state index contributed by atoms with van der Waals surface area (Å²) in [4.78, 5) is 15.0. The minimum absolute atomic E-state index is 0.0458. The molecular weight excluding hydrogens is 591 g/mol. The molecule has 0 saturated carbocycles. The van der Waals surface area contributed by atoms with Gasteiger partial charge in [0.25, 0.3) is 0 Å². The number of nitrogens with one attached hydrogen (secondary N) is 1. The van der Waals surface area contributed by atoms with Crippen LogP contribution in [-0.2, 0) is 11.3 Å². The summed E-state index contributed by atoms with van der Waals surface area (Å²) in [5.74, 6) is -1.61. The standard InChI is InChI=1S/C28H27F5N8OS/c1-27-11-17(28(31,32)33)19(16-5-6-18(29)22-21(16)37-25(34)43-22)20(30)23(27)38-26(42-10-9-41-8-2-7-35-41)39-24(27)40-12-14-3-4-15(13-40)36-14/h2,5-8,14-15,36H,3-4,9-13H2,1H3,(H2,34,37). The van der Waals surface area contributed by atoms with Crippen LogP contribution in [-0.4, -0.2) is 69.5 Å². The number of nitrogen functional groups attached to an aromatic ring is 1. The van der Waals surface area contributed by atoms with Crippen molar-refractivity contribution in [2.75, 3.05) is 25.4 Å². The van der Waals surface area contributed by atoms with Crippen LogP contribution in [0.25, 0.3) is 15.8 Å². The van der Waals surface area contributed by atoms with Crippen LogP contribution in [0.5, 0.6) is 0 Å². The second kappa shape index (κ2) is 10.1. The van der Waals surface area contributed by atoms with Crippen molar-refractivity contribution in [2.24, 2.45) is 15.4 Å². The number of nitrogens with two attached hydrogens (primary N) is 1. The van der Waals surface area contributed by atoms with Crippen LogP contribution in [0.1, 0.15) is 31.7 Å². The Kier molecular flexibility index (Phi) is 6.57. The Morgan fingerprint density at radius 1 is 1.16 bits per heavy atom. The number of amidine groups is 2. The number of ether oxygens (including phenoxy) is 1.